The van der Waals surface area contributed by atoms with Gasteiger partial charge in [-0.3, -0.25) is 14.6 Å². The molecule has 0 saturated carbocycles. The van der Waals surface area contributed by atoms with Gasteiger partial charge in [0.1, 0.15) is 5.75 Å². The zero-order chi connectivity index (χ0) is 20.8. The third-order valence-electron chi connectivity index (χ3n) is 4.43. The van der Waals surface area contributed by atoms with Crippen LogP contribution in [0.25, 0.3) is 0 Å². The lowest BCUT2D eigenvalue weighted by molar-refractivity contribution is 0.102. The minimum absolute atomic E-state index is 0.288. The van der Waals surface area contributed by atoms with E-state index in [9.17, 15) is 9.59 Å². The Hall–Kier alpha value is -3.67. The molecule has 0 unspecified atom stereocenters. The zero-order valence-corrected chi connectivity index (χ0v) is 16.6. The lowest BCUT2D eigenvalue weighted by Crippen LogP contribution is -2.16. The number of hydrogen-bond donors (Lipinski definition) is 2. The van der Waals surface area contributed by atoms with Crippen LogP contribution >= 0.6 is 0 Å². The van der Waals surface area contributed by atoms with Gasteiger partial charge in [0, 0.05) is 29.8 Å². The number of carbonyl (C=O) groups excluding carboxylic acids is 2. The van der Waals surface area contributed by atoms with Crippen molar-refractivity contribution < 1.29 is 14.3 Å². The molecule has 0 fully saturated rings. The number of nitrogens with zero attached hydrogens (tertiary/aromatic N) is 1. The van der Waals surface area contributed by atoms with Crippen LogP contribution in [0, 0.1) is 0 Å². The Morgan fingerprint density at radius 3 is 2.07 bits per heavy atom. The van der Waals surface area contributed by atoms with Crippen LogP contribution in [0.15, 0.2) is 67.0 Å². The van der Waals surface area contributed by atoms with Crippen molar-refractivity contribution in [3.63, 3.8) is 0 Å². The van der Waals surface area contributed by atoms with Gasteiger partial charge < -0.3 is 15.4 Å². The van der Waals surface area contributed by atoms with E-state index in [4.69, 9.17) is 4.74 Å². The molecule has 148 valence electrons. The molecule has 2 N–H and O–H groups in total. The van der Waals surface area contributed by atoms with Gasteiger partial charge in [0.15, 0.2) is 0 Å². The van der Waals surface area contributed by atoms with E-state index in [1.165, 1.54) is 24.0 Å². The minimum Gasteiger partial charge on any atom is -0.497 e. The largest absolute Gasteiger partial charge is 0.497 e. The summed E-state index contributed by atoms with van der Waals surface area (Å²) >= 11 is 0. The molecule has 3 rings (SSSR count). The molecule has 6 heteroatoms. The summed E-state index contributed by atoms with van der Waals surface area (Å²) in [7, 11) is 1.56. The van der Waals surface area contributed by atoms with E-state index in [-0.39, 0.29) is 17.4 Å². The van der Waals surface area contributed by atoms with Gasteiger partial charge in [0.2, 0.25) is 0 Å². The molecule has 0 bridgehead atoms. The van der Waals surface area contributed by atoms with Crippen LogP contribution in [0.2, 0.25) is 0 Å². The van der Waals surface area contributed by atoms with Crippen LogP contribution in [-0.2, 0) is 0 Å². The molecule has 0 saturated heterocycles. The fourth-order valence-electron chi connectivity index (χ4n) is 2.75. The zero-order valence-electron chi connectivity index (χ0n) is 16.6. The number of aromatic nitrogens is 1. The highest BCUT2D eigenvalue weighted by Crippen LogP contribution is 2.19. The minimum atomic E-state index is -0.360. The molecule has 2 amide bonds. The standard InChI is InChI=1S/C23H23N3O3/c1-15(2)16-7-9-19(10-8-16)25-22(27)17-11-18(14-24-13-17)23(28)26-20-5-4-6-21(12-20)29-3/h4-15H,1-3H3,(H,25,27)(H,26,28). The molecular formula is C23H23N3O3. The number of rotatable bonds is 6. The van der Waals surface area contributed by atoms with E-state index in [1.54, 1.807) is 31.4 Å². The van der Waals surface area contributed by atoms with Gasteiger partial charge >= 0.3 is 0 Å². The van der Waals surface area contributed by atoms with Gasteiger partial charge in [-0.25, -0.2) is 0 Å². The summed E-state index contributed by atoms with van der Waals surface area (Å²) in [6.45, 7) is 4.22. The Morgan fingerprint density at radius 1 is 0.862 bits per heavy atom. The van der Waals surface area contributed by atoms with E-state index < -0.39 is 0 Å². The lowest BCUT2D eigenvalue weighted by atomic mass is 10.0. The van der Waals surface area contributed by atoms with Crippen LogP contribution in [-0.4, -0.2) is 23.9 Å². The van der Waals surface area contributed by atoms with Crippen LogP contribution in [0.4, 0.5) is 11.4 Å². The van der Waals surface area contributed by atoms with Crippen molar-refractivity contribution >= 4 is 23.2 Å². The first-order chi connectivity index (χ1) is 14.0. The first kappa shape index (κ1) is 20.1. The van der Waals surface area contributed by atoms with Gasteiger partial charge in [0.05, 0.1) is 18.2 Å². The fourth-order valence-corrected chi connectivity index (χ4v) is 2.75. The van der Waals surface area contributed by atoms with Gasteiger partial charge in [-0.1, -0.05) is 32.0 Å². The predicted octanol–water partition coefficient (Wildman–Crippen LogP) is 4.72. The second-order valence-corrected chi connectivity index (χ2v) is 6.88. The normalized spacial score (nSPS) is 10.5. The maximum absolute atomic E-state index is 12.6. The summed E-state index contributed by atoms with van der Waals surface area (Å²) in [6, 6.07) is 16.2. The van der Waals surface area contributed by atoms with E-state index in [0.29, 0.717) is 28.6 Å². The first-order valence-corrected chi connectivity index (χ1v) is 9.28. The molecular weight excluding hydrogens is 366 g/mol. The second-order valence-electron chi connectivity index (χ2n) is 6.88. The van der Waals surface area contributed by atoms with Gasteiger partial charge in [-0.15, -0.1) is 0 Å². The van der Waals surface area contributed by atoms with Crippen LogP contribution < -0.4 is 15.4 Å². The van der Waals surface area contributed by atoms with Gasteiger partial charge in [0.25, 0.3) is 11.8 Å². The molecule has 0 atom stereocenters. The van der Waals surface area contributed by atoms with E-state index in [1.807, 2.05) is 24.3 Å². The summed E-state index contributed by atoms with van der Waals surface area (Å²) < 4.78 is 5.15. The monoisotopic (exact) mass is 389 g/mol. The van der Waals surface area contributed by atoms with Crippen molar-refractivity contribution in [3.8, 4) is 5.75 Å². The Kier molecular flexibility index (Phi) is 6.24. The number of anilines is 2. The van der Waals surface area contributed by atoms with Crippen molar-refractivity contribution in [1.82, 2.24) is 4.98 Å². The summed E-state index contributed by atoms with van der Waals surface area (Å²) in [5.74, 6) is 0.369. The fraction of sp³-hybridized carbons (Fsp3) is 0.174. The number of ether oxygens (including phenoxy) is 1. The topological polar surface area (TPSA) is 80.3 Å². The van der Waals surface area contributed by atoms with Crippen molar-refractivity contribution in [1.29, 1.82) is 0 Å². The van der Waals surface area contributed by atoms with Crippen LogP contribution in [0.1, 0.15) is 46.0 Å². The molecule has 1 heterocycles. The molecule has 0 spiro atoms. The Morgan fingerprint density at radius 2 is 1.48 bits per heavy atom. The maximum Gasteiger partial charge on any atom is 0.257 e. The molecule has 0 aliphatic rings. The summed E-state index contributed by atoms with van der Waals surface area (Å²) in [5.41, 5.74) is 3.06. The second kappa shape index (κ2) is 9.01. The molecule has 1 aromatic heterocycles. The molecule has 0 aliphatic heterocycles. The van der Waals surface area contributed by atoms with Crippen molar-refractivity contribution in [2.24, 2.45) is 0 Å². The predicted molar refractivity (Wildman–Crippen MR) is 114 cm³/mol. The Balaban J connectivity index is 1.70. The summed E-state index contributed by atoms with van der Waals surface area (Å²) in [5, 5.41) is 5.60. The number of nitrogens with one attached hydrogen (secondary N) is 2. The summed E-state index contributed by atoms with van der Waals surface area (Å²) in [4.78, 5) is 29.1. The average molecular weight is 389 g/mol. The van der Waals surface area contributed by atoms with Gasteiger partial charge in [-0.2, -0.15) is 0 Å². The van der Waals surface area contributed by atoms with Crippen molar-refractivity contribution in [3.05, 3.63) is 83.7 Å². The molecule has 0 radical (unpaired) electrons. The van der Waals surface area contributed by atoms with E-state index >= 15 is 0 Å². The quantitative estimate of drug-likeness (QED) is 0.639. The molecule has 29 heavy (non-hydrogen) atoms. The number of amides is 2. The van der Waals surface area contributed by atoms with E-state index in [0.717, 1.165) is 0 Å². The summed E-state index contributed by atoms with van der Waals surface area (Å²) in [6.07, 6.45) is 2.85. The Bertz CT molecular complexity index is 1010. The van der Waals surface area contributed by atoms with E-state index in [2.05, 4.69) is 29.5 Å². The number of pyridine rings is 1. The molecule has 6 nitrogen and oxygen atoms in total. The molecule has 3 aromatic rings. The van der Waals surface area contributed by atoms with Crippen molar-refractivity contribution in [2.75, 3.05) is 17.7 Å². The maximum atomic E-state index is 12.6. The molecule has 2 aromatic carbocycles. The third kappa shape index (κ3) is 5.19. The van der Waals surface area contributed by atoms with Gasteiger partial charge in [-0.05, 0) is 41.8 Å². The first-order valence-electron chi connectivity index (χ1n) is 9.28. The third-order valence-corrected chi connectivity index (χ3v) is 4.43. The van der Waals surface area contributed by atoms with Crippen molar-refractivity contribution in [2.45, 2.75) is 19.8 Å². The number of carbonyl (C=O) groups is 2. The number of methoxy groups -OCH3 is 1. The Labute approximate surface area is 169 Å². The highest BCUT2D eigenvalue weighted by atomic mass is 16.5. The average Bonchev–Trinajstić information content (AvgIpc) is 2.74. The smallest absolute Gasteiger partial charge is 0.257 e. The van der Waals surface area contributed by atoms with Crippen LogP contribution in [0.5, 0.6) is 5.75 Å². The molecule has 0 aliphatic carbocycles. The highest BCUT2D eigenvalue weighted by Gasteiger charge is 2.12. The van der Waals surface area contributed by atoms with Crippen LogP contribution in [0.3, 0.4) is 0 Å². The number of hydrogen-bond acceptors (Lipinski definition) is 4. The number of benzene rings is 2. The lowest BCUT2D eigenvalue weighted by Gasteiger charge is -2.10. The SMILES string of the molecule is COc1cccc(NC(=O)c2cncc(C(=O)Nc3ccc(C(C)C)cc3)c2)c1. The highest BCUT2D eigenvalue weighted by molar-refractivity contribution is 6.08.